The van der Waals surface area contributed by atoms with Gasteiger partial charge >= 0.3 is 0 Å². The molecule has 1 aliphatic rings. The fourth-order valence-electron chi connectivity index (χ4n) is 8.27. The maximum Gasteiger partial charge on any atom is 0.160 e. The number of hydrogen-bond donors (Lipinski definition) is 1. The average molecular weight is 719 g/mol. The Bertz CT molecular complexity index is 3010. The molecular formula is C52H38N4. The van der Waals surface area contributed by atoms with E-state index in [9.17, 15) is 0 Å². The van der Waals surface area contributed by atoms with Crippen molar-refractivity contribution in [1.29, 1.82) is 0 Å². The van der Waals surface area contributed by atoms with E-state index >= 15 is 0 Å². The van der Waals surface area contributed by atoms with Gasteiger partial charge in [0.25, 0.3) is 0 Å². The molecule has 1 aliphatic heterocycles. The fraction of sp³-hybridized carbons (Fsp3) is 0.0385. The molecule has 0 spiro atoms. The lowest BCUT2D eigenvalue weighted by atomic mass is 9.86. The zero-order chi connectivity index (χ0) is 37.6. The van der Waals surface area contributed by atoms with Crippen LogP contribution in [-0.4, -0.2) is 16.2 Å². The Balaban J connectivity index is 1.10. The number of nitrogens with zero attached hydrogens (tertiary/aromatic N) is 3. The molecule has 1 aromatic heterocycles. The summed E-state index contributed by atoms with van der Waals surface area (Å²) in [7, 11) is 0. The number of fused-ring (bicyclic) bond motifs is 4. The number of aromatic nitrogens is 1. The molecular weight excluding hydrogens is 681 g/mol. The van der Waals surface area contributed by atoms with Crippen molar-refractivity contribution >= 4 is 49.8 Å². The van der Waals surface area contributed by atoms with Gasteiger partial charge in [-0.25, -0.2) is 9.98 Å². The molecule has 0 saturated carbocycles. The van der Waals surface area contributed by atoms with E-state index in [1.165, 1.54) is 32.9 Å². The Morgan fingerprint density at radius 3 is 1.96 bits per heavy atom. The van der Waals surface area contributed by atoms with Crippen LogP contribution in [0.1, 0.15) is 39.5 Å². The molecule has 8 aromatic carbocycles. The van der Waals surface area contributed by atoms with Gasteiger partial charge in [0.1, 0.15) is 12.0 Å². The van der Waals surface area contributed by atoms with E-state index in [1.807, 2.05) is 24.3 Å². The van der Waals surface area contributed by atoms with Gasteiger partial charge in [-0.05, 0) is 93.0 Å². The van der Waals surface area contributed by atoms with Crippen molar-refractivity contribution in [3.8, 4) is 16.8 Å². The first-order valence-electron chi connectivity index (χ1n) is 19.1. The van der Waals surface area contributed by atoms with Crippen LogP contribution in [0.3, 0.4) is 0 Å². The largest absolute Gasteiger partial charge is 0.344 e. The summed E-state index contributed by atoms with van der Waals surface area (Å²) in [5, 5.41) is 8.24. The van der Waals surface area contributed by atoms with Gasteiger partial charge in [0.2, 0.25) is 0 Å². The molecule has 9 aromatic rings. The van der Waals surface area contributed by atoms with Crippen molar-refractivity contribution < 1.29 is 0 Å². The number of aliphatic imine (C=N–C) groups is 2. The van der Waals surface area contributed by atoms with E-state index < -0.39 is 0 Å². The lowest BCUT2D eigenvalue weighted by molar-refractivity contribution is 0.674. The summed E-state index contributed by atoms with van der Waals surface area (Å²) in [6.07, 6.45) is -0.276. The summed E-state index contributed by atoms with van der Waals surface area (Å²) in [5.41, 5.74) is 13.4. The molecule has 1 N–H and O–H groups in total. The zero-order valence-electron chi connectivity index (χ0n) is 31.0. The van der Waals surface area contributed by atoms with Crippen molar-refractivity contribution in [2.45, 2.75) is 13.1 Å². The molecule has 0 radical (unpaired) electrons. The molecule has 1 unspecified atom stereocenters. The highest BCUT2D eigenvalue weighted by Gasteiger charge is 2.23. The van der Waals surface area contributed by atoms with Crippen LogP contribution in [0.5, 0.6) is 0 Å². The van der Waals surface area contributed by atoms with Gasteiger partial charge in [-0.15, -0.1) is 0 Å². The molecule has 0 amide bonds. The Labute approximate surface area is 326 Å². The summed E-state index contributed by atoms with van der Waals surface area (Å²) in [6.45, 7) is 7.01. The van der Waals surface area contributed by atoms with Gasteiger partial charge in [0, 0.05) is 27.6 Å². The zero-order valence-corrected chi connectivity index (χ0v) is 31.0. The van der Waals surface area contributed by atoms with Gasteiger partial charge in [-0.2, -0.15) is 0 Å². The molecule has 266 valence electrons. The van der Waals surface area contributed by atoms with E-state index in [2.05, 4.69) is 181 Å². The third-order valence-corrected chi connectivity index (χ3v) is 11.0. The summed E-state index contributed by atoms with van der Waals surface area (Å²) in [5.74, 6) is 1.50. The number of amidine groups is 2. The predicted octanol–water partition coefficient (Wildman–Crippen LogP) is 12.5. The Morgan fingerprint density at radius 1 is 0.536 bits per heavy atom. The quantitative estimate of drug-likeness (QED) is 0.175. The minimum Gasteiger partial charge on any atom is -0.344 e. The first-order valence-corrected chi connectivity index (χ1v) is 19.1. The Morgan fingerprint density at radius 2 is 1.18 bits per heavy atom. The average Bonchev–Trinajstić information content (AvgIpc) is 3.59. The third-order valence-electron chi connectivity index (χ3n) is 11.0. The maximum absolute atomic E-state index is 5.21. The SMILES string of the molecule is C=C(c1ccccc1-c1cc2c3ccccc3n(-c3ccccc3)c2cc1C)c1ccc(C2=NC(c3ccccc3)NC(c3ccccc3)=N2)c2ccccc12. The van der Waals surface area contributed by atoms with E-state index in [0.29, 0.717) is 5.84 Å². The van der Waals surface area contributed by atoms with Crippen LogP contribution in [0.15, 0.2) is 205 Å². The standard InChI is InChI=1S/C52H38N4/c1-34-32-49-47(44-28-16-17-29-48(44)56(49)38-22-10-5-11-23-38)33-46(34)42-26-13-12-24-39(42)35(2)40-30-31-45(43-27-15-14-25-41(40)43)52-54-50(36-18-6-3-7-19-36)53-51(55-52)37-20-8-4-9-21-37/h3-33,50H,2H2,1H3,(H,53,54,55). The number of nitrogens with one attached hydrogen (secondary N) is 1. The molecule has 4 heteroatoms. The van der Waals surface area contributed by atoms with Crippen molar-refractivity contribution in [1.82, 2.24) is 9.88 Å². The second-order valence-electron chi connectivity index (χ2n) is 14.3. The van der Waals surface area contributed by atoms with E-state index in [-0.39, 0.29) is 6.17 Å². The van der Waals surface area contributed by atoms with Gasteiger partial charge in [-0.3, -0.25) is 0 Å². The normalized spacial score (nSPS) is 14.1. The summed E-state index contributed by atoms with van der Waals surface area (Å²) >= 11 is 0. The molecule has 0 aliphatic carbocycles. The molecule has 2 heterocycles. The molecule has 56 heavy (non-hydrogen) atoms. The van der Waals surface area contributed by atoms with Gasteiger partial charge in [-0.1, -0.05) is 158 Å². The van der Waals surface area contributed by atoms with Crippen LogP contribution in [0.2, 0.25) is 0 Å². The molecule has 0 saturated heterocycles. The third kappa shape index (κ3) is 5.71. The number of para-hydroxylation sites is 2. The minimum atomic E-state index is -0.276. The van der Waals surface area contributed by atoms with Crippen LogP contribution in [0.25, 0.3) is 55.0 Å². The lowest BCUT2D eigenvalue weighted by Gasteiger charge is -2.24. The van der Waals surface area contributed by atoms with Crippen molar-refractivity contribution in [3.63, 3.8) is 0 Å². The number of rotatable bonds is 7. The molecule has 0 fully saturated rings. The maximum atomic E-state index is 5.21. The van der Waals surface area contributed by atoms with E-state index in [1.54, 1.807) is 0 Å². The fourth-order valence-corrected chi connectivity index (χ4v) is 8.27. The smallest absolute Gasteiger partial charge is 0.160 e. The first-order chi connectivity index (χ1) is 27.6. The monoisotopic (exact) mass is 718 g/mol. The lowest BCUT2D eigenvalue weighted by Crippen LogP contribution is -2.33. The minimum absolute atomic E-state index is 0.276. The van der Waals surface area contributed by atoms with Crippen molar-refractivity contribution in [2.75, 3.05) is 0 Å². The Kier molecular flexibility index (Phi) is 8.23. The molecule has 10 rings (SSSR count). The van der Waals surface area contributed by atoms with Gasteiger partial charge < -0.3 is 9.88 Å². The highest BCUT2D eigenvalue weighted by molar-refractivity contribution is 6.19. The van der Waals surface area contributed by atoms with Gasteiger partial charge in [0.05, 0.1) is 11.0 Å². The van der Waals surface area contributed by atoms with Crippen molar-refractivity contribution in [3.05, 3.63) is 228 Å². The van der Waals surface area contributed by atoms with Gasteiger partial charge in [0.15, 0.2) is 5.84 Å². The number of aryl methyl sites for hydroxylation is 1. The second-order valence-corrected chi connectivity index (χ2v) is 14.3. The van der Waals surface area contributed by atoms with Crippen LogP contribution in [-0.2, 0) is 0 Å². The number of benzene rings is 8. The molecule has 0 bridgehead atoms. The first kappa shape index (κ1) is 33.3. The van der Waals surface area contributed by atoms with Crippen molar-refractivity contribution in [2.24, 2.45) is 9.98 Å². The Hall–Kier alpha value is -7.30. The highest BCUT2D eigenvalue weighted by Crippen LogP contribution is 2.41. The number of hydrogen-bond acceptors (Lipinski definition) is 3. The highest BCUT2D eigenvalue weighted by atomic mass is 15.2. The predicted molar refractivity (Wildman–Crippen MR) is 235 cm³/mol. The second kappa shape index (κ2) is 13.8. The van der Waals surface area contributed by atoms with E-state index in [0.717, 1.165) is 61.2 Å². The summed E-state index contributed by atoms with van der Waals surface area (Å²) < 4.78 is 2.38. The molecule has 1 atom stereocenters. The summed E-state index contributed by atoms with van der Waals surface area (Å²) in [4.78, 5) is 10.3. The van der Waals surface area contributed by atoms with E-state index in [4.69, 9.17) is 16.6 Å². The molecule has 4 nitrogen and oxygen atoms in total. The van der Waals surface area contributed by atoms with Crippen LogP contribution < -0.4 is 5.32 Å². The topological polar surface area (TPSA) is 41.7 Å². The van der Waals surface area contributed by atoms with Crippen LogP contribution in [0.4, 0.5) is 0 Å². The van der Waals surface area contributed by atoms with Crippen LogP contribution >= 0.6 is 0 Å². The van der Waals surface area contributed by atoms with Crippen LogP contribution in [0, 0.1) is 6.92 Å². The summed E-state index contributed by atoms with van der Waals surface area (Å²) in [6, 6.07) is 66.3.